The van der Waals surface area contributed by atoms with Crippen molar-refractivity contribution in [1.82, 2.24) is 4.72 Å². The van der Waals surface area contributed by atoms with Gasteiger partial charge >= 0.3 is 0 Å². The quantitative estimate of drug-likeness (QED) is 0.564. The molecule has 0 heterocycles. The molecule has 1 rings (SSSR count). The van der Waals surface area contributed by atoms with Gasteiger partial charge in [-0.15, -0.1) is 0 Å². The molecule has 1 atom stereocenters. The predicted octanol–water partition coefficient (Wildman–Crippen LogP) is 0.457. The molecular formula is C11H18N2O3S2. The Kier molecular flexibility index (Phi) is 5.77. The van der Waals surface area contributed by atoms with Crippen LogP contribution in [0.3, 0.4) is 0 Å². The van der Waals surface area contributed by atoms with E-state index in [2.05, 4.69) is 4.72 Å². The predicted molar refractivity (Wildman–Crippen MR) is 75.0 cm³/mol. The van der Waals surface area contributed by atoms with Crippen molar-refractivity contribution >= 4 is 26.5 Å². The molecule has 7 heteroatoms. The number of nitrogens with two attached hydrogens (primary N) is 1. The number of hydrogen-bond donors (Lipinski definition) is 2. The lowest BCUT2D eigenvalue weighted by atomic mass is 10.2. The minimum atomic E-state index is -3.34. The summed E-state index contributed by atoms with van der Waals surface area (Å²) in [5.74, 6) is 0.437. The summed E-state index contributed by atoms with van der Waals surface area (Å²) in [6.07, 6.45) is 2.17. The number of benzene rings is 1. The van der Waals surface area contributed by atoms with E-state index in [1.54, 1.807) is 30.5 Å². The highest BCUT2D eigenvalue weighted by Crippen LogP contribution is 2.08. The molecule has 0 aliphatic rings. The van der Waals surface area contributed by atoms with E-state index in [0.717, 1.165) is 0 Å². The number of hydrogen-bond acceptors (Lipinski definition) is 4. The molecule has 0 saturated heterocycles. The van der Waals surface area contributed by atoms with Crippen LogP contribution in [-0.2, 0) is 26.6 Å². The Balaban J connectivity index is 2.44. The van der Waals surface area contributed by atoms with Crippen LogP contribution >= 0.6 is 0 Å². The SMILES string of the molecule is CS(=O)CCCNS(=O)(=O)Cc1ccc(N)cc1. The summed E-state index contributed by atoms with van der Waals surface area (Å²) in [5.41, 5.74) is 6.82. The summed E-state index contributed by atoms with van der Waals surface area (Å²) >= 11 is 0. The van der Waals surface area contributed by atoms with Gasteiger partial charge in [0.2, 0.25) is 10.0 Å². The zero-order chi connectivity index (χ0) is 13.6. The average molecular weight is 290 g/mol. The molecule has 0 spiro atoms. The molecule has 1 aromatic carbocycles. The van der Waals surface area contributed by atoms with Crippen molar-refractivity contribution in [2.24, 2.45) is 0 Å². The molecule has 0 aliphatic heterocycles. The molecule has 3 N–H and O–H groups in total. The second-order valence-corrected chi connectivity index (χ2v) is 7.39. The fourth-order valence-electron chi connectivity index (χ4n) is 1.39. The van der Waals surface area contributed by atoms with E-state index in [4.69, 9.17) is 5.73 Å². The Hall–Kier alpha value is -0.920. The van der Waals surface area contributed by atoms with Gasteiger partial charge in [0.1, 0.15) is 0 Å². The molecular weight excluding hydrogens is 272 g/mol. The van der Waals surface area contributed by atoms with E-state index >= 15 is 0 Å². The van der Waals surface area contributed by atoms with Crippen molar-refractivity contribution in [3.05, 3.63) is 29.8 Å². The van der Waals surface area contributed by atoms with Gasteiger partial charge in [-0.2, -0.15) is 0 Å². The molecule has 0 radical (unpaired) electrons. The Bertz CT molecular complexity index is 498. The molecule has 18 heavy (non-hydrogen) atoms. The van der Waals surface area contributed by atoms with Gasteiger partial charge in [-0.25, -0.2) is 13.1 Å². The fraction of sp³-hybridized carbons (Fsp3) is 0.455. The first-order valence-corrected chi connectivity index (χ1v) is 8.89. The highest BCUT2D eigenvalue weighted by Gasteiger charge is 2.10. The summed E-state index contributed by atoms with van der Waals surface area (Å²) in [4.78, 5) is 0. The van der Waals surface area contributed by atoms with Gasteiger partial charge in [0.05, 0.1) is 5.75 Å². The van der Waals surface area contributed by atoms with Crippen molar-refractivity contribution in [1.29, 1.82) is 0 Å². The summed E-state index contributed by atoms with van der Waals surface area (Å²) < 4.78 is 36.7. The van der Waals surface area contributed by atoms with Crippen LogP contribution in [-0.4, -0.2) is 31.2 Å². The molecule has 1 unspecified atom stereocenters. The van der Waals surface area contributed by atoms with Gasteiger partial charge in [-0.3, -0.25) is 4.21 Å². The molecule has 0 aliphatic carbocycles. The third kappa shape index (κ3) is 6.13. The van der Waals surface area contributed by atoms with Crippen LogP contribution in [0.15, 0.2) is 24.3 Å². The Morgan fingerprint density at radius 2 is 1.89 bits per heavy atom. The van der Waals surface area contributed by atoms with Gasteiger partial charge in [-0.05, 0) is 24.1 Å². The molecule has 1 aromatic rings. The fourth-order valence-corrected chi connectivity index (χ4v) is 3.13. The number of sulfonamides is 1. The van der Waals surface area contributed by atoms with Crippen LogP contribution in [0.5, 0.6) is 0 Å². The lowest BCUT2D eigenvalue weighted by Gasteiger charge is -2.06. The molecule has 0 amide bonds. The van der Waals surface area contributed by atoms with Crippen LogP contribution in [0.1, 0.15) is 12.0 Å². The maximum Gasteiger partial charge on any atom is 0.215 e. The lowest BCUT2D eigenvalue weighted by molar-refractivity contribution is 0.580. The van der Waals surface area contributed by atoms with Gasteiger partial charge in [0, 0.05) is 35.0 Å². The number of nitrogen functional groups attached to an aromatic ring is 1. The third-order valence-electron chi connectivity index (χ3n) is 2.27. The van der Waals surface area contributed by atoms with Gasteiger partial charge in [0.25, 0.3) is 0 Å². The molecule has 5 nitrogen and oxygen atoms in total. The zero-order valence-corrected chi connectivity index (χ0v) is 11.9. The van der Waals surface area contributed by atoms with Gasteiger partial charge in [0.15, 0.2) is 0 Å². The van der Waals surface area contributed by atoms with Crippen molar-refractivity contribution in [3.8, 4) is 0 Å². The van der Waals surface area contributed by atoms with E-state index in [1.807, 2.05) is 0 Å². The molecule has 0 fully saturated rings. The maximum absolute atomic E-state index is 11.7. The second-order valence-electron chi connectivity index (χ2n) is 4.03. The standard InChI is InChI=1S/C11H18N2O3S2/c1-17(14)8-2-7-13-18(15,16)9-10-3-5-11(12)6-4-10/h3-6,13H,2,7-9,12H2,1H3. The minimum absolute atomic E-state index is 0.0670. The van der Waals surface area contributed by atoms with Gasteiger partial charge in [-0.1, -0.05) is 12.1 Å². The van der Waals surface area contributed by atoms with E-state index in [1.165, 1.54) is 0 Å². The summed E-state index contributed by atoms with van der Waals surface area (Å²) in [7, 11) is -4.22. The molecule has 102 valence electrons. The largest absolute Gasteiger partial charge is 0.399 e. The van der Waals surface area contributed by atoms with Crippen LogP contribution < -0.4 is 10.5 Å². The summed E-state index contributed by atoms with van der Waals surface area (Å²) in [6.45, 7) is 0.316. The Morgan fingerprint density at radius 3 is 2.44 bits per heavy atom. The number of nitrogens with one attached hydrogen (secondary N) is 1. The van der Waals surface area contributed by atoms with E-state index in [9.17, 15) is 12.6 Å². The van der Waals surface area contributed by atoms with Crippen molar-refractivity contribution in [2.45, 2.75) is 12.2 Å². The molecule has 0 aromatic heterocycles. The highest BCUT2D eigenvalue weighted by molar-refractivity contribution is 7.88. The Labute approximate surface area is 110 Å². The summed E-state index contributed by atoms with van der Waals surface area (Å²) in [5, 5.41) is 0. The van der Waals surface area contributed by atoms with E-state index in [-0.39, 0.29) is 5.75 Å². The number of rotatable bonds is 7. The minimum Gasteiger partial charge on any atom is -0.399 e. The average Bonchev–Trinajstić information content (AvgIpc) is 2.27. The van der Waals surface area contributed by atoms with Crippen LogP contribution in [0, 0.1) is 0 Å². The first-order chi connectivity index (χ1) is 8.39. The first kappa shape index (κ1) is 15.1. The smallest absolute Gasteiger partial charge is 0.215 e. The van der Waals surface area contributed by atoms with Crippen molar-refractivity contribution in [2.75, 3.05) is 24.3 Å². The van der Waals surface area contributed by atoms with Crippen LogP contribution in [0.25, 0.3) is 0 Å². The normalized spacial score (nSPS) is 13.4. The monoisotopic (exact) mass is 290 g/mol. The first-order valence-electron chi connectivity index (χ1n) is 5.51. The van der Waals surface area contributed by atoms with Crippen LogP contribution in [0.4, 0.5) is 5.69 Å². The molecule has 0 bridgehead atoms. The van der Waals surface area contributed by atoms with E-state index < -0.39 is 20.8 Å². The highest BCUT2D eigenvalue weighted by atomic mass is 32.2. The van der Waals surface area contributed by atoms with Crippen LogP contribution in [0.2, 0.25) is 0 Å². The zero-order valence-electron chi connectivity index (χ0n) is 10.3. The second kappa shape index (κ2) is 6.86. The third-order valence-corrected chi connectivity index (χ3v) is 4.49. The number of anilines is 1. The van der Waals surface area contributed by atoms with Crippen molar-refractivity contribution < 1.29 is 12.6 Å². The van der Waals surface area contributed by atoms with E-state index in [0.29, 0.717) is 30.0 Å². The van der Waals surface area contributed by atoms with Crippen molar-refractivity contribution in [3.63, 3.8) is 0 Å². The maximum atomic E-state index is 11.7. The lowest BCUT2D eigenvalue weighted by Crippen LogP contribution is -2.27. The summed E-state index contributed by atoms with van der Waals surface area (Å²) in [6, 6.07) is 6.72. The molecule has 0 saturated carbocycles. The van der Waals surface area contributed by atoms with Gasteiger partial charge < -0.3 is 5.73 Å². The topological polar surface area (TPSA) is 89.3 Å². The Morgan fingerprint density at radius 1 is 1.28 bits per heavy atom.